The van der Waals surface area contributed by atoms with Gasteiger partial charge in [-0.2, -0.15) is 13.1 Å². The van der Waals surface area contributed by atoms with Gasteiger partial charge in [-0.05, 0) is 23.8 Å². The summed E-state index contributed by atoms with van der Waals surface area (Å²) in [5.41, 5.74) is 0.761. The van der Waals surface area contributed by atoms with Gasteiger partial charge >= 0.3 is 6.61 Å². The Labute approximate surface area is 174 Å². The number of methoxy groups -OCH3 is 1. The van der Waals surface area contributed by atoms with E-state index in [-0.39, 0.29) is 28.6 Å². The number of ether oxygens (including phenoxy) is 2. The maximum atomic E-state index is 12.6. The second-order valence-electron chi connectivity index (χ2n) is 6.31. The molecule has 1 amide bonds. The molecule has 0 spiro atoms. The molecule has 0 atom stereocenters. The van der Waals surface area contributed by atoms with Crippen molar-refractivity contribution in [1.82, 2.24) is 14.2 Å². The molecule has 1 aromatic carbocycles. The second-order valence-corrected chi connectivity index (χ2v) is 8.25. The number of hydrogen-bond donors (Lipinski definition) is 1. The largest absolute Gasteiger partial charge is 0.493 e. The Kier molecular flexibility index (Phi) is 7.79. The number of nitrogens with zero attached hydrogens (tertiary/aromatic N) is 2. The number of carbonyl (C=O) groups excluding carboxylic acids is 1. The highest BCUT2D eigenvalue weighted by Gasteiger charge is 2.25. The monoisotopic (exact) mass is 445 g/mol. The Morgan fingerprint density at radius 1 is 1.20 bits per heavy atom. The van der Waals surface area contributed by atoms with Crippen molar-refractivity contribution in [2.45, 2.75) is 31.9 Å². The highest BCUT2D eigenvalue weighted by atomic mass is 32.2. The van der Waals surface area contributed by atoms with E-state index in [1.165, 1.54) is 46.4 Å². The van der Waals surface area contributed by atoms with E-state index in [0.717, 1.165) is 0 Å². The molecule has 1 heterocycles. The summed E-state index contributed by atoms with van der Waals surface area (Å²) in [4.78, 5) is 12.6. The molecule has 0 unspecified atom stereocenters. The minimum Gasteiger partial charge on any atom is -0.493 e. The molecule has 30 heavy (non-hydrogen) atoms. The van der Waals surface area contributed by atoms with Crippen LogP contribution < -0.4 is 14.8 Å². The van der Waals surface area contributed by atoms with Crippen molar-refractivity contribution in [1.29, 1.82) is 0 Å². The summed E-state index contributed by atoms with van der Waals surface area (Å²) in [7, 11) is -0.790. The molecular formula is C19H25F2N3O5S. The minimum atomic E-state index is -3.69. The summed E-state index contributed by atoms with van der Waals surface area (Å²) >= 11 is 0. The van der Waals surface area contributed by atoms with E-state index in [1.807, 2.05) is 0 Å². The number of aryl methyl sites for hydroxylation is 1. The molecule has 0 radical (unpaired) electrons. The molecule has 1 aromatic heterocycles. The molecule has 11 heteroatoms. The highest BCUT2D eigenvalue weighted by molar-refractivity contribution is 7.89. The van der Waals surface area contributed by atoms with Gasteiger partial charge in [0.25, 0.3) is 5.91 Å². The number of carbonyl (C=O) groups is 1. The van der Waals surface area contributed by atoms with Crippen LogP contribution in [0, 0.1) is 0 Å². The molecule has 0 aliphatic rings. The lowest BCUT2D eigenvalue weighted by atomic mass is 10.2. The van der Waals surface area contributed by atoms with E-state index in [4.69, 9.17) is 4.74 Å². The number of sulfonamides is 1. The van der Waals surface area contributed by atoms with Gasteiger partial charge in [0, 0.05) is 32.9 Å². The van der Waals surface area contributed by atoms with Crippen molar-refractivity contribution in [3.8, 4) is 11.5 Å². The number of alkyl halides is 2. The van der Waals surface area contributed by atoms with E-state index in [2.05, 4.69) is 10.1 Å². The summed E-state index contributed by atoms with van der Waals surface area (Å²) in [5, 5.41) is 2.68. The third-order valence-corrected chi connectivity index (χ3v) is 6.47. The fraction of sp³-hybridized carbons (Fsp3) is 0.421. The number of halogens is 2. The first-order valence-electron chi connectivity index (χ1n) is 9.20. The molecular weight excluding hydrogens is 420 g/mol. The SMILES string of the molecule is CCN(CC)S(=O)(=O)c1cc(C(=O)NCc2ccc(OC(F)F)c(OC)c2)n(C)c1. The van der Waals surface area contributed by atoms with Crippen molar-refractivity contribution in [3.63, 3.8) is 0 Å². The Hall–Kier alpha value is -2.66. The van der Waals surface area contributed by atoms with Gasteiger partial charge < -0.3 is 19.4 Å². The zero-order valence-corrected chi connectivity index (χ0v) is 18.0. The van der Waals surface area contributed by atoms with Gasteiger partial charge in [-0.15, -0.1) is 0 Å². The van der Waals surface area contributed by atoms with Gasteiger partial charge in [0.15, 0.2) is 11.5 Å². The number of nitrogens with one attached hydrogen (secondary N) is 1. The van der Waals surface area contributed by atoms with Crippen LogP contribution in [-0.4, -0.2) is 50.0 Å². The minimum absolute atomic E-state index is 0.0361. The fourth-order valence-electron chi connectivity index (χ4n) is 2.90. The zero-order chi connectivity index (χ0) is 22.5. The van der Waals surface area contributed by atoms with E-state index >= 15 is 0 Å². The number of amides is 1. The Morgan fingerprint density at radius 2 is 1.87 bits per heavy atom. The van der Waals surface area contributed by atoms with Crippen molar-refractivity contribution < 1.29 is 31.5 Å². The van der Waals surface area contributed by atoms with Crippen LogP contribution in [0.2, 0.25) is 0 Å². The molecule has 8 nitrogen and oxygen atoms in total. The van der Waals surface area contributed by atoms with Crippen LogP contribution in [0.3, 0.4) is 0 Å². The molecule has 2 aromatic rings. The number of hydrogen-bond acceptors (Lipinski definition) is 5. The van der Waals surface area contributed by atoms with Crippen LogP contribution in [0.5, 0.6) is 11.5 Å². The quantitative estimate of drug-likeness (QED) is 0.607. The first-order chi connectivity index (χ1) is 14.1. The number of benzene rings is 1. The van der Waals surface area contributed by atoms with E-state index in [1.54, 1.807) is 20.9 Å². The van der Waals surface area contributed by atoms with Crippen LogP contribution in [0.15, 0.2) is 35.4 Å². The van der Waals surface area contributed by atoms with Crippen LogP contribution in [0.25, 0.3) is 0 Å². The number of aromatic nitrogens is 1. The molecule has 0 saturated carbocycles. The first-order valence-corrected chi connectivity index (χ1v) is 10.6. The summed E-state index contributed by atoms with van der Waals surface area (Å²) < 4.78 is 62.3. The summed E-state index contributed by atoms with van der Waals surface area (Å²) in [6.07, 6.45) is 1.39. The standard InChI is InChI=1S/C19H25F2N3O5S/c1-5-24(6-2)30(26,27)14-10-15(23(3)12-14)18(25)22-11-13-7-8-16(29-19(20)21)17(9-13)28-4/h7-10,12,19H,5-6,11H2,1-4H3,(H,22,25). The van der Waals surface area contributed by atoms with Crippen LogP contribution >= 0.6 is 0 Å². The molecule has 2 rings (SSSR count). The maximum absolute atomic E-state index is 12.6. The average molecular weight is 445 g/mol. The lowest BCUT2D eigenvalue weighted by Gasteiger charge is -2.17. The summed E-state index contributed by atoms with van der Waals surface area (Å²) in [6.45, 7) is 1.22. The fourth-order valence-corrected chi connectivity index (χ4v) is 4.43. The van der Waals surface area contributed by atoms with Gasteiger partial charge in [-0.3, -0.25) is 4.79 Å². The molecule has 166 valence electrons. The third-order valence-electron chi connectivity index (χ3n) is 4.45. The molecule has 0 bridgehead atoms. The van der Waals surface area contributed by atoms with E-state index in [9.17, 15) is 22.0 Å². The summed E-state index contributed by atoms with van der Waals surface area (Å²) in [6, 6.07) is 5.63. The van der Waals surface area contributed by atoms with Gasteiger partial charge in [0.05, 0.1) is 7.11 Å². The predicted molar refractivity (Wildman–Crippen MR) is 106 cm³/mol. The average Bonchev–Trinajstić information content (AvgIpc) is 3.10. The summed E-state index contributed by atoms with van der Waals surface area (Å²) in [5.74, 6) is -0.491. The van der Waals surface area contributed by atoms with E-state index < -0.39 is 22.5 Å². The van der Waals surface area contributed by atoms with Crippen molar-refractivity contribution in [2.24, 2.45) is 7.05 Å². The highest BCUT2D eigenvalue weighted by Crippen LogP contribution is 2.29. The lowest BCUT2D eigenvalue weighted by Crippen LogP contribution is -2.30. The van der Waals surface area contributed by atoms with Gasteiger partial charge in [0.2, 0.25) is 10.0 Å². The zero-order valence-electron chi connectivity index (χ0n) is 17.2. The van der Waals surface area contributed by atoms with Gasteiger partial charge in [-0.1, -0.05) is 19.9 Å². The number of rotatable bonds is 10. The topological polar surface area (TPSA) is 89.9 Å². The second kappa shape index (κ2) is 9.90. The molecule has 1 N–H and O–H groups in total. The third kappa shape index (κ3) is 5.28. The molecule has 0 aliphatic carbocycles. The molecule has 0 saturated heterocycles. The molecule has 0 fully saturated rings. The van der Waals surface area contributed by atoms with E-state index in [0.29, 0.717) is 18.7 Å². The molecule has 0 aliphatic heterocycles. The van der Waals surface area contributed by atoms with Crippen LogP contribution in [-0.2, 0) is 23.6 Å². The van der Waals surface area contributed by atoms with Crippen molar-refractivity contribution in [2.75, 3.05) is 20.2 Å². The Bertz CT molecular complexity index is 988. The smallest absolute Gasteiger partial charge is 0.387 e. The Morgan fingerprint density at radius 3 is 2.43 bits per heavy atom. The Balaban J connectivity index is 2.15. The van der Waals surface area contributed by atoms with Gasteiger partial charge in [0.1, 0.15) is 10.6 Å². The van der Waals surface area contributed by atoms with Crippen LogP contribution in [0.4, 0.5) is 8.78 Å². The lowest BCUT2D eigenvalue weighted by molar-refractivity contribution is -0.0512. The van der Waals surface area contributed by atoms with Crippen LogP contribution in [0.1, 0.15) is 29.9 Å². The first kappa shape index (κ1) is 23.6. The maximum Gasteiger partial charge on any atom is 0.387 e. The van der Waals surface area contributed by atoms with Crippen molar-refractivity contribution >= 4 is 15.9 Å². The normalized spacial score (nSPS) is 11.7. The van der Waals surface area contributed by atoms with Crippen molar-refractivity contribution in [3.05, 3.63) is 41.7 Å². The van der Waals surface area contributed by atoms with Gasteiger partial charge in [-0.25, -0.2) is 8.42 Å². The predicted octanol–water partition coefficient (Wildman–Crippen LogP) is 2.60.